The number of hydrogen-bond acceptors (Lipinski definition) is 4. The Morgan fingerprint density at radius 3 is 2.29 bits per heavy atom. The molecular formula is C25H23F3N4O3. The van der Waals surface area contributed by atoms with Crippen LogP contribution in [0.2, 0.25) is 0 Å². The van der Waals surface area contributed by atoms with Gasteiger partial charge < -0.3 is 10.2 Å². The Hall–Kier alpha value is -3.95. The van der Waals surface area contributed by atoms with E-state index < -0.39 is 28.8 Å². The number of aryl methyl sites for hydroxylation is 1. The molecule has 1 aliphatic heterocycles. The van der Waals surface area contributed by atoms with E-state index in [1.807, 2.05) is 18.2 Å². The van der Waals surface area contributed by atoms with E-state index in [9.17, 15) is 27.6 Å². The number of para-hydroxylation sites is 2. The van der Waals surface area contributed by atoms with Gasteiger partial charge >= 0.3 is 6.18 Å². The number of benzene rings is 2. The maximum atomic E-state index is 13.5. The summed E-state index contributed by atoms with van der Waals surface area (Å²) in [6.07, 6.45) is -3.86. The van der Waals surface area contributed by atoms with Crippen molar-refractivity contribution in [2.75, 3.05) is 18.4 Å². The van der Waals surface area contributed by atoms with Crippen LogP contribution >= 0.6 is 0 Å². The number of likely N-dealkylation sites (tertiary alicyclic amines) is 1. The summed E-state index contributed by atoms with van der Waals surface area (Å²) in [5.41, 5.74) is -1.48. The highest BCUT2D eigenvalue weighted by molar-refractivity contribution is 5.94. The first-order chi connectivity index (χ1) is 16.6. The highest BCUT2D eigenvalue weighted by Gasteiger charge is 2.35. The zero-order chi connectivity index (χ0) is 25.2. The summed E-state index contributed by atoms with van der Waals surface area (Å²) in [5.74, 6) is -1.13. The van der Waals surface area contributed by atoms with Crippen molar-refractivity contribution >= 4 is 17.5 Å². The van der Waals surface area contributed by atoms with Crippen molar-refractivity contribution in [3.8, 4) is 5.69 Å². The van der Waals surface area contributed by atoms with Gasteiger partial charge in [0.25, 0.3) is 5.91 Å². The van der Waals surface area contributed by atoms with E-state index in [4.69, 9.17) is 0 Å². The molecule has 10 heteroatoms. The fourth-order valence-electron chi connectivity index (χ4n) is 4.10. The van der Waals surface area contributed by atoms with Gasteiger partial charge in [0, 0.05) is 36.5 Å². The third-order valence-corrected chi connectivity index (χ3v) is 5.94. The lowest BCUT2D eigenvalue weighted by Crippen LogP contribution is -2.43. The molecule has 7 nitrogen and oxygen atoms in total. The zero-order valence-corrected chi connectivity index (χ0v) is 18.9. The Kier molecular flexibility index (Phi) is 6.72. The molecule has 1 N–H and O–H groups in total. The predicted molar refractivity (Wildman–Crippen MR) is 123 cm³/mol. The minimum atomic E-state index is -4.64. The number of amides is 2. The van der Waals surface area contributed by atoms with Gasteiger partial charge in [-0.15, -0.1) is 0 Å². The second-order valence-corrected chi connectivity index (χ2v) is 8.35. The number of aromatic nitrogens is 2. The van der Waals surface area contributed by atoms with Crippen molar-refractivity contribution in [3.05, 3.63) is 87.8 Å². The lowest BCUT2D eigenvalue weighted by molar-refractivity contribution is -0.137. The van der Waals surface area contributed by atoms with Crippen molar-refractivity contribution in [2.45, 2.75) is 25.9 Å². The van der Waals surface area contributed by atoms with Gasteiger partial charge in [0.05, 0.1) is 11.3 Å². The van der Waals surface area contributed by atoms with Crippen molar-refractivity contribution < 1.29 is 22.8 Å². The topological polar surface area (TPSA) is 84.3 Å². The van der Waals surface area contributed by atoms with Crippen LogP contribution < -0.4 is 10.7 Å². The molecule has 1 fully saturated rings. The average Bonchev–Trinajstić information content (AvgIpc) is 2.84. The Balaban J connectivity index is 1.52. The van der Waals surface area contributed by atoms with Gasteiger partial charge in [-0.2, -0.15) is 18.3 Å². The zero-order valence-electron chi connectivity index (χ0n) is 18.9. The van der Waals surface area contributed by atoms with Crippen LogP contribution in [-0.2, 0) is 11.0 Å². The molecule has 2 heterocycles. The Morgan fingerprint density at radius 2 is 1.63 bits per heavy atom. The lowest BCUT2D eigenvalue weighted by Gasteiger charge is -2.31. The van der Waals surface area contributed by atoms with E-state index in [1.54, 1.807) is 12.1 Å². The number of nitrogens with zero attached hydrogens (tertiary/aromatic N) is 3. The first kappa shape index (κ1) is 24.2. The van der Waals surface area contributed by atoms with Gasteiger partial charge in [-0.05, 0) is 44.0 Å². The first-order valence-corrected chi connectivity index (χ1v) is 11.1. The molecule has 3 aromatic rings. The molecule has 2 aromatic carbocycles. The smallest absolute Gasteiger partial charge is 0.337 e. The van der Waals surface area contributed by atoms with Crippen LogP contribution in [0.1, 0.15) is 34.6 Å². The maximum absolute atomic E-state index is 13.5. The van der Waals surface area contributed by atoms with Gasteiger partial charge in [-0.25, -0.2) is 4.68 Å². The number of nitrogens with one attached hydrogen (secondary N) is 1. The number of alkyl halides is 3. The number of halogens is 3. The van der Waals surface area contributed by atoms with Crippen LogP contribution in [0.15, 0.2) is 65.5 Å². The number of carbonyl (C=O) groups is 2. The summed E-state index contributed by atoms with van der Waals surface area (Å²) in [5, 5.41) is 6.88. The van der Waals surface area contributed by atoms with E-state index in [0.717, 1.165) is 16.8 Å². The van der Waals surface area contributed by atoms with E-state index in [0.29, 0.717) is 18.5 Å². The molecule has 35 heavy (non-hydrogen) atoms. The summed E-state index contributed by atoms with van der Waals surface area (Å²) in [6.45, 7) is 1.90. The molecule has 182 valence electrons. The van der Waals surface area contributed by atoms with Crippen molar-refractivity contribution in [3.63, 3.8) is 0 Å². The van der Waals surface area contributed by atoms with Crippen LogP contribution in [-0.4, -0.2) is 39.6 Å². The summed E-state index contributed by atoms with van der Waals surface area (Å²) < 4.78 is 41.5. The highest BCUT2D eigenvalue weighted by Crippen LogP contribution is 2.33. The largest absolute Gasteiger partial charge is 0.418 e. The molecule has 0 unspecified atom stereocenters. The Labute approximate surface area is 199 Å². The third-order valence-electron chi connectivity index (χ3n) is 5.94. The van der Waals surface area contributed by atoms with E-state index in [2.05, 4.69) is 10.4 Å². The number of anilines is 1. The van der Waals surface area contributed by atoms with Crippen LogP contribution in [0, 0.1) is 12.8 Å². The van der Waals surface area contributed by atoms with Crippen LogP contribution in [0.25, 0.3) is 5.69 Å². The summed E-state index contributed by atoms with van der Waals surface area (Å²) in [7, 11) is 0. The van der Waals surface area contributed by atoms with Crippen LogP contribution in [0.3, 0.4) is 0 Å². The second-order valence-electron chi connectivity index (χ2n) is 8.35. The fourth-order valence-corrected chi connectivity index (χ4v) is 4.10. The molecule has 2 amide bonds. The summed E-state index contributed by atoms with van der Waals surface area (Å²) in [6, 6.07) is 15.0. The first-order valence-electron chi connectivity index (χ1n) is 11.1. The fraction of sp³-hybridized carbons (Fsp3) is 0.280. The predicted octanol–water partition coefficient (Wildman–Crippen LogP) is 4.05. The van der Waals surface area contributed by atoms with Crippen molar-refractivity contribution in [2.24, 2.45) is 5.92 Å². The van der Waals surface area contributed by atoms with Crippen LogP contribution in [0.5, 0.6) is 0 Å². The van der Waals surface area contributed by atoms with Gasteiger partial charge in [0.1, 0.15) is 0 Å². The standard InChI is InChI=1S/C25H23F3N4O3/c1-16-15-21(33)22(30-32(16)20-10-6-5-9-19(20)25(26,27)28)24(35)31-13-11-17(12-14-31)23(34)29-18-7-3-2-4-8-18/h2-10,15,17H,11-14H2,1H3,(H,29,34). The van der Waals surface area contributed by atoms with Crippen molar-refractivity contribution in [1.29, 1.82) is 0 Å². The number of carbonyl (C=O) groups excluding carboxylic acids is 2. The molecule has 0 atom stereocenters. The second kappa shape index (κ2) is 9.73. The molecule has 0 spiro atoms. The Morgan fingerprint density at radius 1 is 1.00 bits per heavy atom. The van der Waals surface area contributed by atoms with Crippen molar-refractivity contribution in [1.82, 2.24) is 14.7 Å². The molecule has 1 aromatic heterocycles. The SMILES string of the molecule is Cc1cc(=O)c(C(=O)N2CCC(C(=O)Nc3ccccc3)CC2)nn1-c1ccccc1C(F)(F)F. The van der Waals surface area contributed by atoms with Gasteiger partial charge in [-0.1, -0.05) is 30.3 Å². The summed E-state index contributed by atoms with van der Waals surface area (Å²) in [4.78, 5) is 39.6. The number of piperidine rings is 1. The minimum Gasteiger partial charge on any atom is -0.337 e. The molecule has 1 aliphatic rings. The molecule has 0 bridgehead atoms. The molecule has 0 aliphatic carbocycles. The molecule has 4 rings (SSSR count). The van der Waals surface area contributed by atoms with Gasteiger partial charge in [0.2, 0.25) is 11.3 Å². The maximum Gasteiger partial charge on any atom is 0.418 e. The van der Waals surface area contributed by atoms with E-state index >= 15 is 0 Å². The third kappa shape index (κ3) is 5.26. The molecule has 0 radical (unpaired) electrons. The normalized spacial score (nSPS) is 14.6. The molecule has 1 saturated heterocycles. The number of rotatable bonds is 4. The average molecular weight is 484 g/mol. The van der Waals surface area contributed by atoms with E-state index in [1.165, 1.54) is 30.0 Å². The monoisotopic (exact) mass is 484 g/mol. The van der Waals surface area contributed by atoms with Gasteiger partial charge in [0.15, 0.2) is 5.69 Å². The summed E-state index contributed by atoms with van der Waals surface area (Å²) >= 11 is 0. The minimum absolute atomic E-state index is 0.150. The van der Waals surface area contributed by atoms with Crippen LogP contribution in [0.4, 0.5) is 18.9 Å². The molecule has 0 saturated carbocycles. The lowest BCUT2D eigenvalue weighted by atomic mass is 9.95. The van der Waals surface area contributed by atoms with E-state index in [-0.39, 0.29) is 36.3 Å². The molecular weight excluding hydrogens is 461 g/mol. The Bertz CT molecular complexity index is 1300. The number of hydrogen-bond donors (Lipinski definition) is 1. The highest BCUT2D eigenvalue weighted by atomic mass is 19.4. The van der Waals surface area contributed by atoms with Gasteiger partial charge in [-0.3, -0.25) is 14.4 Å². The quantitative estimate of drug-likeness (QED) is 0.606.